The van der Waals surface area contributed by atoms with Gasteiger partial charge in [0, 0.05) is 35.3 Å². The number of carboxylic acids is 1. The fourth-order valence-electron chi connectivity index (χ4n) is 3.61. The van der Waals surface area contributed by atoms with Gasteiger partial charge in [-0.25, -0.2) is 9.18 Å². The van der Waals surface area contributed by atoms with Crippen molar-refractivity contribution in [3.63, 3.8) is 0 Å². The predicted octanol–water partition coefficient (Wildman–Crippen LogP) is 2.30. The normalized spacial score (nSPS) is 16.7. The van der Waals surface area contributed by atoms with E-state index >= 15 is 0 Å². The number of benzene rings is 1. The van der Waals surface area contributed by atoms with E-state index in [9.17, 15) is 19.1 Å². The number of carbonyl (C=O) groups is 2. The van der Waals surface area contributed by atoms with Gasteiger partial charge in [0.2, 0.25) is 0 Å². The highest BCUT2D eigenvalue weighted by Gasteiger charge is 2.38. The van der Waals surface area contributed by atoms with Gasteiger partial charge in [0.15, 0.2) is 0 Å². The maximum absolute atomic E-state index is 14.2. The van der Waals surface area contributed by atoms with Gasteiger partial charge in [0.05, 0.1) is 5.52 Å². The Bertz CT molecular complexity index is 1050. The summed E-state index contributed by atoms with van der Waals surface area (Å²) in [6, 6.07) is 3.60. The predicted molar refractivity (Wildman–Crippen MR) is 91.3 cm³/mol. The van der Waals surface area contributed by atoms with E-state index in [-0.39, 0.29) is 18.7 Å². The van der Waals surface area contributed by atoms with Gasteiger partial charge in [-0.1, -0.05) is 6.07 Å². The van der Waals surface area contributed by atoms with Crippen molar-refractivity contribution >= 4 is 22.8 Å². The standard InChI is InChI=1S/C18H17FN4O3/c1-8-3-4-11(19)16-15(8)10-7-23(14(18(25)26)6-12(10)20-16)17(24)13-5-9(2)21-22-13/h3-5,14,20H,6-7H2,1-2H3,(H,21,22)(H,25,26). The molecule has 0 saturated carbocycles. The number of halogens is 1. The second-order valence-corrected chi connectivity index (χ2v) is 6.62. The highest BCUT2D eigenvalue weighted by molar-refractivity contribution is 5.97. The summed E-state index contributed by atoms with van der Waals surface area (Å²) in [4.78, 5) is 28.9. The molecule has 8 heteroatoms. The van der Waals surface area contributed by atoms with Crippen molar-refractivity contribution in [3.8, 4) is 0 Å². The highest BCUT2D eigenvalue weighted by Crippen LogP contribution is 2.34. The van der Waals surface area contributed by atoms with Crippen LogP contribution >= 0.6 is 0 Å². The average Bonchev–Trinajstić information content (AvgIpc) is 3.20. The largest absolute Gasteiger partial charge is 0.480 e. The molecule has 0 saturated heterocycles. The Morgan fingerprint density at radius 1 is 1.35 bits per heavy atom. The van der Waals surface area contributed by atoms with Crippen LogP contribution < -0.4 is 0 Å². The highest BCUT2D eigenvalue weighted by atomic mass is 19.1. The molecule has 7 nitrogen and oxygen atoms in total. The molecule has 2 aromatic heterocycles. The first-order chi connectivity index (χ1) is 12.4. The van der Waals surface area contributed by atoms with Gasteiger partial charge in [-0.3, -0.25) is 9.89 Å². The number of carboxylic acid groups (broad SMARTS) is 1. The number of hydrogen-bond donors (Lipinski definition) is 3. The first-order valence-electron chi connectivity index (χ1n) is 8.21. The summed E-state index contributed by atoms with van der Waals surface area (Å²) in [5, 5.41) is 17.0. The van der Waals surface area contributed by atoms with Crippen molar-refractivity contribution in [3.05, 3.63) is 52.2 Å². The Morgan fingerprint density at radius 3 is 2.77 bits per heavy atom. The molecule has 1 aromatic carbocycles. The summed E-state index contributed by atoms with van der Waals surface area (Å²) < 4.78 is 14.2. The van der Waals surface area contributed by atoms with Crippen molar-refractivity contribution in [1.29, 1.82) is 0 Å². The van der Waals surface area contributed by atoms with E-state index < -0.39 is 23.7 Å². The number of H-pyrrole nitrogens is 2. The van der Waals surface area contributed by atoms with Crippen LogP contribution in [-0.4, -0.2) is 43.1 Å². The molecule has 134 valence electrons. The number of aromatic nitrogens is 3. The van der Waals surface area contributed by atoms with Crippen molar-refractivity contribution in [1.82, 2.24) is 20.1 Å². The summed E-state index contributed by atoms with van der Waals surface area (Å²) in [7, 11) is 0. The molecule has 0 bridgehead atoms. The molecule has 1 aliphatic rings. The lowest BCUT2D eigenvalue weighted by Crippen LogP contribution is -2.48. The van der Waals surface area contributed by atoms with Crippen LogP contribution in [0.1, 0.15) is 33.0 Å². The molecule has 1 unspecified atom stereocenters. The Kier molecular flexibility index (Phi) is 3.57. The third-order valence-electron chi connectivity index (χ3n) is 4.88. The van der Waals surface area contributed by atoms with Gasteiger partial charge >= 0.3 is 5.97 Å². The minimum Gasteiger partial charge on any atom is -0.480 e. The zero-order valence-electron chi connectivity index (χ0n) is 14.3. The maximum atomic E-state index is 14.2. The first kappa shape index (κ1) is 16.3. The third kappa shape index (κ3) is 2.37. The first-order valence-corrected chi connectivity index (χ1v) is 8.21. The van der Waals surface area contributed by atoms with Gasteiger partial charge in [-0.2, -0.15) is 5.10 Å². The van der Waals surface area contributed by atoms with Gasteiger partial charge in [-0.05, 0) is 31.5 Å². The molecule has 1 amide bonds. The minimum absolute atomic E-state index is 0.0847. The molecule has 3 aromatic rings. The van der Waals surface area contributed by atoms with Gasteiger partial charge < -0.3 is 15.0 Å². The number of rotatable bonds is 2. The lowest BCUT2D eigenvalue weighted by atomic mass is 9.96. The zero-order chi connectivity index (χ0) is 18.6. The SMILES string of the molecule is Cc1cc(C(=O)N2Cc3c([nH]c4c(F)ccc(C)c34)CC2C(=O)O)n[nH]1. The van der Waals surface area contributed by atoms with Gasteiger partial charge in [0.25, 0.3) is 5.91 Å². The molecule has 1 atom stereocenters. The van der Waals surface area contributed by atoms with E-state index in [2.05, 4.69) is 15.2 Å². The minimum atomic E-state index is -1.10. The number of aliphatic carboxylic acids is 1. The molecule has 3 heterocycles. The van der Waals surface area contributed by atoms with E-state index in [1.807, 2.05) is 6.92 Å². The molecular formula is C18H17FN4O3. The molecular weight excluding hydrogens is 339 g/mol. The zero-order valence-corrected chi connectivity index (χ0v) is 14.3. The summed E-state index contributed by atoms with van der Waals surface area (Å²) >= 11 is 0. The summed E-state index contributed by atoms with van der Waals surface area (Å²) in [6.07, 6.45) is 0.0906. The number of aromatic amines is 2. The molecule has 0 radical (unpaired) electrons. The molecule has 4 rings (SSSR count). The van der Waals surface area contributed by atoms with Gasteiger partial charge in [0.1, 0.15) is 17.6 Å². The fourth-order valence-corrected chi connectivity index (χ4v) is 3.61. The Balaban J connectivity index is 1.83. The monoisotopic (exact) mass is 356 g/mol. The van der Waals surface area contributed by atoms with Gasteiger partial charge in [-0.15, -0.1) is 0 Å². The van der Waals surface area contributed by atoms with Crippen LogP contribution in [0.25, 0.3) is 10.9 Å². The van der Waals surface area contributed by atoms with E-state index in [0.717, 1.165) is 11.1 Å². The van der Waals surface area contributed by atoms with Crippen molar-refractivity contribution in [2.45, 2.75) is 32.9 Å². The Morgan fingerprint density at radius 2 is 2.12 bits per heavy atom. The molecule has 0 aliphatic carbocycles. The smallest absolute Gasteiger partial charge is 0.326 e. The second kappa shape index (κ2) is 5.69. The summed E-state index contributed by atoms with van der Waals surface area (Å²) in [6.45, 7) is 3.71. The van der Waals surface area contributed by atoms with E-state index in [4.69, 9.17) is 0 Å². The average molecular weight is 356 g/mol. The van der Waals surface area contributed by atoms with Crippen LogP contribution in [0.4, 0.5) is 4.39 Å². The van der Waals surface area contributed by atoms with Crippen LogP contribution in [0, 0.1) is 19.7 Å². The number of amides is 1. The lowest BCUT2D eigenvalue weighted by molar-refractivity contribution is -0.142. The number of hydrogen-bond acceptors (Lipinski definition) is 3. The van der Waals surface area contributed by atoms with Crippen LogP contribution in [-0.2, 0) is 17.8 Å². The van der Waals surface area contributed by atoms with Crippen LogP contribution in [0.2, 0.25) is 0 Å². The van der Waals surface area contributed by atoms with E-state index in [0.29, 0.717) is 22.3 Å². The molecule has 1 aliphatic heterocycles. The topological polar surface area (TPSA) is 102 Å². The van der Waals surface area contributed by atoms with Crippen LogP contribution in [0.15, 0.2) is 18.2 Å². The number of aryl methyl sites for hydroxylation is 2. The molecule has 26 heavy (non-hydrogen) atoms. The molecule has 0 spiro atoms. The van der Waals surface area contributed by atoms with Crippen molar-refractivity contribution in [2.75, 3.05) is 0 Å². The summed E-state index contributed by atoms with van der Waals surface area (Å²) in [5.41, 5.74) is 3.51. The molecule has 0 fully saturated rings. The lowest BCUT2D eigenvalue weighted by Gasteiger charge is -2.32. The van der Waals surface area contributed by atoms with E-state index in [1.54, 1.807) is 19.1 Å². The maximum Gasteiger partial charge on any atom is 0.326 e. The second-order valence-electron chi connectivity index (χ2n) is 6.62. The van der Waals surface area contributed by atoms with Crippen molar-refractivity contribution < 1.29 is 19.1 Å². The van der Waals surface area contributed by atoms with E-state index in [1.165, 1.54) is 11.0 Å². The molecule has 3 N–H and O–H groups in total. The number of carbonyl (C=O) groups excluding carboxylic acids is 1. The van der Waals surface area contributed by atoms with Crippen LogP contribution in [0.3, 0.4) is 0 Å². The number of fused-ring (bicyclic) bond motifs is 3. The fraction of sp³-hybridized carbons (Fsp3) is 0.278. The Hall–Kier alpha value is -3.16. The quantitative estimate of drug-likeness (QED) is 0.656. The van der Waals surface area contributed by atoms with Crippen molar-refractivity contribution in [2.24, 2.45) is 0 Å². The third-order valence-corrected chi connectivity index (χ3v) is 4.88. The Labute approximate surface area is 147 Å². The van der Waals surface area contributed by atoms with Crippen LogP contribution in [0.5, 0.6) is 0 Å². The number of nitrogens with one attached hydrogen (secondary N) is 2. The summed E-state index contributed by atoms with van der Waals surface area (Å²) in [5.74, 6) is -1.96. The number of nitrogens with zero attached hydrogens (tertiary/aromatic N) is 2.